The maximum absolute atomic E-state index is 5.41. The SMILES string of the molecule is COC1CCCC2OC2C1. The maximum atomic E-state index is 5.41. The molecule has 0 bridgehead atoms. The zero-order valence-electron chi connectivity index (χ0n) is 6.38. The first-order valence-corrected chi connectivity index (χ1v) is 4.08. The van der Waals surface area contributed by atoms with E-state index in [1.54, 1.807) is 7.11 Å². The topological polar surface area (TPSA) is 21.8 Å². The molecule has 0 spiro atoms. The molecule has 2 nitrogen and oxygen atoms in total. The summed E-state index contributed by atoms with van der Waals surface area (Å²) in [5.74, 6) is 0. The summed E-state index contributed by atoms with van der Waals surface area (Å²) in [5.41, 5.74) is 0. The Kier molecular flexibility index (Phi) is 1.66. The van der Waals surface area contributed by atoms with Gasteiger partial charge in [-0.25, -0.2) is 0 Å². The van der Waals surface area contributed by atoms with Crippen LogP contribution in [0.1, 0.15) is 25.7 Å². The second kappa shape index (κ2) is 2.51. The summed E-state index contributed by atoms with van der Waals surface area (Å²) in [6.07, 6.45) is 6.50. The molecule has 2 heteroatoms. The van der Waals surface area contributed by atoms with Crippen LogP contribution in [0.4, 0.5) is 0 Å². The van der Waals surface area contributed by atoms with Crippen molar-refractivity contribution < 1.29 is 9.47 Å². The van der Waals surface area contributed by atoms with E-state index in [4.69, 9.17) is 9.47 Å². The summed E-state index contributed by atoms with van der Waals surface area (Å²) in [6.45, 7) is 0. The largest absolute Gasteiger partial charge is 0.381 e. The molecule has 3 unspecified atom stereocenters. The molecule has 0 aromatic heterocycles. The van der Waals surface area contributed by atoms with Gasteiger partial charge >= 0.3 is 0 Å². The normalized spacial score (nSPS) is 45.9. The fourth-order valence-corrected chi connectivity index (χ4v) is 1.78. The Morgan fingerprint density at radius 2 is 2.20 bits per heavy atom. The molecule has 0 radical (unpaired) electrons. The van der Waals surface area contributed by atoms with E-state index >= 15 is 0 Å². The number of ether oxygens (including phenoxy) is 2. The second-order valence-corrected chi connectivity index (χ2v) is 3.24. The molecule has 0 aromatic rings. The monoisotopic (exact) mass is 142 g/mol. The summed E-state index contributed by atoms with van der Waals surface area (Å²) >= 11 is 0. The third-order valence-corrected chi connectivity index (χ3v) is 2.53. The van der Waals surface area contributed by atoms with E-state index in [0.29, 0.717) is 18.3 Å². The van der Waals surface area contributed by atoms with Gasteiger partial charge in [0.05, 0.1) is 18.3 Å². The van der Waals surface area contributed by atoms with Crippen LogP contribution >= 0.6 is 0 Å². The van der Waals surface area contributed by atoms with E-state index < -0.39 is 0 Å². The molecule has 1 saturated heterocycles. The van der Waals surface area contributed by atoms with Crippen molar-refractivity contribution in [1.29, 1.82) is 0 Å². The van der Waals surface area contributed by atoms with Crippen LogP contribution in [0.2, 0.25) is 0 Å². The number of hydrogen-bond donors (Lipinski definition) is 0. The van der Waals surface area contributed by atoms with Crippen molar-refractivity contribution in [3.63, 3.8) is 0 Å². The van der Waals surface area contributed by atoms with Crippen LogP contribution in [0.5, 0.6) is 0 Å². The van der Waals surface area contributed by atoms with Crippen LogP contribution in [0, 0.1) is 0 Å². The van der Waals surface area contributed by atoms with Gasteiger partial charge in [0.15, 0.2) is 0 Å². The smallest absolute Gasteiger partial charge is 0.0866 e. The van der Waals surface area contributed by atoms with Crippen LogP contribution in [-0.4, -0.2) is 25.4 Å². The second-order valence-electron chi connectivity index (χ2n) is 3.24. The first kappa shape index (κ1) is 6.62. The van der Waals surface area contributed by atoms with Gasteiger partial charge in [0.1, 0.15) is 0 Å². The Bertz CT molecular complexity index is 124. The van der Waals surface area contributed by atoms with Crippen molar-refractivity contribution in [3.8, 4) is 0 Å². The van der Waals surface area contributed by atoms with Crippen molar-refractivity contribution in [2.75, 3.05) is 7.11 Å². The van der Waals surface area contributed by atoms with Gasteiger partial charge in [-0.15, -0.1) is 0 Å². The van der Waals surface area contributed by atoms with E-state index in [1.807, 2.05) is 0 Å². The molecule has 0 amide bonds. The Balaban J connectivity index is 1.88. The van der Waals surface area contributed by atoms with Crippen molar-refractivity contribution in [2.24, 2.45) is 0 Å². The van der Waals surface area contributed by atoms with Crippen LogP contribution in [-0.2, 0) is 9.47 Å². The fourth-order valence-electron chi connectivity index (χ4n) is 1.78. The lowest BCUT2D eigenvalue weighted by atomic mass is 10.1. The zero-order chi connectivity index (χ0) is 6.97. The Morgan fingerprint density at radius 1 is 1.30 bits per heavy atom. The van der Waals surface area contributed by atoms with Crippen molar-refractivity contribution >= 4 is 0 Å². The molecule has 2 rings (SSSR count). The van der Waals surface area contributed by atoms with Crippen LogP contribution in [0.15, 0.2) is 0 Å². The van der Waals surface area contributed by atoms with Gasteiger partial charge in [0, 0.05) is 13.5 Å². The number of hydrogen-bond acceptors (Lipinski definition) is 2. The number of methoxy groups -OCH3 is 1. The van der Waals surface area contributed by atoms with Gasteiger partial charge in [-0.2, -0.15) is 0 Å². The predicted molar refractivity (Wildman–Crippen MR) is 37.9 cm³/mol. The highest BCUT2D eigenvalue weighted by atomic mass is 16.6. The van der Waals surface area contributed by atoms with E-state index in [2.05, 4.69) is 0 Å². The van der Waals surface area contributed by atoms with Gasteiger partial charge in [-0.1, -0.05) is 0 Å². The van der Waals surface area contributed by atoms with Crippen LogP contribution < -0.4 is 0 Å². The Morgan fingerprint density at radius 3 is 3.00 bits per heavy atom. The molecule has 2 fully saturated rings. The molecular formula is C8H14O2. The van der Waals surface area contributed by atoms with Crippen molar-refractivity contribution in [3.05, 3.63) is 0 Å². The summed E-state index contributed by atoms with van der Waals surface area (Å²) in [6, 6.07) is 0. The molecule has 1 heterocycles. The van der Waals surface area contributed by atoms with Gasteiger partial charge in [0.2, 0.25) is 0 Å². The number of rotatable bonds is 1. The highest BCUT2D eigenvalue weighted by Crippen LogP contribution is 2.35. The minimum Gasteiger partial charge on any atom is -0.381 e. The maximum Gasteiger partial charge on any atom is 0.0866 e. The predicted octanol–water partition coefficient (Wildman–Crippen LogP) is 1.34. The van der Waals surface area contributed by atoms with E-state index in [-0.39, 0.29) is 0 Å². The van der Waals surface area contributed by atoms with E-state index in [1.165, 1.54) is 19.3 Å². The molecule has 1 aliphatic carbocycles. The highest BCUT2D eigenvalue weighted by Gasteiger charge is 2.41. The van der Waals surface area contributed by atoms with Gasteiger partial charge < -0.3 is 9.47 Å². The van der Waals surface area contributed by atoms with Crippen LogP contribution in [0.3, 0.4) is 0 Å². The molecule has 58 valence electrons. The van der Waals surface area contributed by atoms with E-state index in [9.17, 15) is 0 Å². The lowest BCUT2D eigenvalue weighted by Gasteiger charge is -2.10. The summed E-state index contributed by atoms with van der Waals surface area (Å²) < 4.78 is 10.7. The minimum atomic E-state index is 0.470. The molecule has 1 aliphatic heterocycles. The lowest BCUT2D eigenvalue weighted by molar-refractivity contribution is 0.0782. The average Bonchev–Trinajstić information content (AvgIpc) is 2.61. The summed E-state index contributed by atoms with van der Waals surface area (Å²) in [4.78, 5) is 0. The number of fused-ring (bicyclic) bond motifs is 1. The van der Waals surface area contributed by atoms with Crippen molar-refractivity contribution in [1.82, 2.24) is 0 Å². The van der Waals surface area contributed by atoms with E-state index in [0.717, 1.165) is 6.42 Å². The molecular weight excluding hydrogens is 128 g/mol. The quantitative estimate of drug-likeness (QED) is 0.515. The average molecular weight is 142 g/mol. The van der Waals surface area contributed by atoms with Gasteiger partial charge in [0.25, 0.3) is 0 Å². The van der Waals surface area contributed by atoms with Gasteiger partial charge in [-0.3, -0.25) is 0 Å². The highest BCUT2D eigenvalue weighted by molar-refractivity contribution is 4.89. The molecule has 2 aliphatic rings. The Labute approximate surface area is 61.5 Å². The van der Waals surface area contributed by atoms with Crippen LogP contribution in [0.25, 0.3) is 0 Å². The fraction of sp³-hybridized carbons (Fsp3) is 1.00. The molecule has 0 aromatic carbocycles. The number of epoxide rings is 1. The van der Waals surface area contributed by atoms with Gasteiger partial charge in [-0.05, 0) is 19.3 Å². The first-order valence-electron chi connectivity index (χ1n) is 4.08. The molecule has 1 saturated carbocycles. The molecule has 10 heavy (non-hydrogen) atoms. The molecule has 3 atom stereocenters. The third-order valence-electron chi connectivity index (χ3n) is 2.53. The Hall–Kier alpha value is -0.0800. The summed E-state index contributed by atoms with van der Waals surface area (Å²) in [7, 11) is 1.80. The first-order chi connectivity index (χ1) is 4.90. The third kappa shape index (κ3) is 1.18. The molecule has 0 N–H and O–H groups in total. The van der Waals surface area contributed by atoms with Crippen molar-refractivity contribution in [2.45, 2.75) is 44.0 Å². The minimum absolute atomic E-state index is 0.470. The summed E-state index contributed by atoms with van der Waals surface area (Å²) in [5, 5.41) is 0. The lowest BCUT2D eigenvalue weighted by Crippen LogP contribution is -2.11. The standard InChI is InChI=1S/C8H14O2/c1-9-6-3-2-4-7-8(5-6)10-7/h6-8H,2-5H2,1H3. The zero-order valence-corrected chi connectivity index (χ0v) is 6.38.